The molecule has 3 amide bonds. The molecule has 0 bridgehead atoms. The molecule has 18 heteroatoms. The normalized spacial score (nSPS) is 16.6. The Hall–Kier alpha value is -7.60. The third kappa shape index (κ3) is 7.04. The Balaban J connectivity index is 0.876. The van der Waals surface area contributed by atoms with Crippen molar-refractivity contribution in [2.24, 2.45) is 0 Å². The van der Waals surface area contributed by atoms with Gasteiger partial charge in [0.15, 0.2) is 5.82 Å². The summed E-state index contributed by atoms with van der Waals surface area (Å²) in [5, 5.41) is 6.61. The Labute approximate surface area is 363 Å². The van der Waals surface area contributed by atoms with Crippen LogP contribution in [0.3, 0.4) is 0 Å². The number of nitrogen functional groups attached to an aromatic ring is 1. The number of nitrogens with zero attached hydrogens (tertiary/aromatic N) is 10. The van der Waals surface area contributed by atoms with Crippen molar-refractivity contribution in [3.8, 4) is 0 Å². The van der Waals surface area contributed by atoms with Gasteiger partial charge < -0.3 is 26.2 Å². The Kier molecular flexibility index (Phi) is 9.59. The summed E-state index contributed by atoms with van der Waals surface area (Å²) in [6.45, 7) is 3.76. The molecule has 0 unspecified atom stereocenters. The van der Waals surface area contributed by atoms with Crippen LogP contribution in [0.15, 0.2) is 85.3 Å². The number of imidazole rings is 2. The quantitative estimate of drug-likeness (QED) is 0.177. The molecule has 0 aliphatic carbocycles. The molecule has 8 heterocycles. The molecular formula is C46H41F2N13O3. The van der Waals surface area contributed by atoms with E-state index < -0.39 is 11.6 Å². The fraction of sp³-hybridized carbons (Fsp3) is 0.261. The second-order valence-electron chi connectivity index (χ2n) is 16.6. The lowest BCUT2D eigenvalue weighted by Crippen LogP contribution is -2.56. The number of nitrogens with two attached hydrogens (primary N) is 1. The van der Waals surface area contributed by atoms with Gasteiger partial charge in [0, 0.05) is 73.8 Å². The minimum Gasteiger partial charge on any atom is -0.369 e. The Morgan fingerprint density at radius 1 is 0.750 bits per heavy atom. The van der Waals surface area contributed by atoms with Crippen LogP contribution >= 0.6 is 0 Å². The van der Waals surface area contributed by atoms with E-state index in [0.717, 1.165) is 42.6 Å². The second kappa shape index (κ2) is 15.6. The fourth-order valence-electron chi connectivity index (χ4n) is 9.36. The maximum Gasteiger partial charge on any atom is 0.274 e. The summed E-state index contributed by atoms with van der Waals surface area (Å²) in [5.74, 6) is -1.54. The second-order valence-corrected chi connectivity index (χ2v) is 16.6. The van der Waals surface area contributed by atoms with Crippen molar-refractivity contribution in [1.29, 1.82) is 0 Å². The lowest BCUT2D eigenvalue weighted by atomic mass is 9.96. The topological polar surface area (TPSA) is 184 Å². The van der Waals surface area contributed by atoms with Gasteiger partial charge in [-0.1, -0.05) is 36.8 Å². The Bertz CT molecular complexity index is 3210. The number of fused-ring (bicyclic) bond motifs is 8. The van der Waals surface area contributed by atoms with E-state index in [0.29, 0.717) is 55.5 Å². The van der Waals surface area contributed by atoms with Gasteiger partial charge in [0.05, 0.1) is 6.42 Å². The van der Waals surface area contributed by atoms with Crippen LogP contribution in [0.1, 0.15) is 56.9 Å². The number of carbonyl (C=O) groups excluding carboxylic acids is 3. The maximum absolute atomic E-state index is 16.1. The number of hydrogen-bond acceptors (Lipinski definition) is 11. The number of benzene rings is 3. The van der Waals surface area contributed by atoms with Crippen LogP contribution in [0.4, 0.5) is 32.2 Å². The highest BCUT2D eigenvalue weighted by atomic mass is 19.1. The predicted molar refractivity (Wildman–Crippen MR) is 235 cm³/mol. The number of piperazine rings is 1. The van der Waals surface area contributed by atoms with Crippen molar-refractivity contribution in [2.75, 3.05) is 49.1 Å². The highest BCUT2D eigenvalue weighted by molar-refractivity contribution is 6.00. The fourth-order valence-corrected chi connectivity index (χ4v) is 9.36. The largest absolute Gasteiger partial charge is 0.369 e. The number of amides is 3. The number of carbonyl (C=O) groups is 3. The van der Waals surface area contributed by atoms with E-state index in [1.54, 1.807) is 58.1 Å². The number of anilines is 4. The van der Waals surface area contributed by atoms with Gasteiger partial charge in [0.25, 0.3) is 11.8 Å². The molecule has 3 aliphatic heterocycles. The van der Waals surface area contributed by atoms with E-state index in [2.05, 4.69) is 35.5 Å². The molecule has 0 saturated carbocycles. The Morgan fingerprint density at radius 2 is 1.56 bits per heavy atom. The zero-order valence-corrected chi connectivity index (χ0v) is 34.5. The molecule has 64 heavy (non-hydrogen) atoms. The van der Waals surface area contributed by atoms with Crippen LogP contribution in [0.5, 0.6) is 0 Å². The van der Waals surface area contributed by atoms with Crippen molar-refractivity contribution < 1.29 is 23.2 Å². The molecule has 5 aromatic heterocycles. The molecular weight excluding hydrogens is 821 g/mol. The van der Waals surface area contributed by atoms with Gasteiger partial charge in [-0.3, -0.25) is 28.1 Å². The van der Waals surface area contributed by atoms with Gasteiger partial charge in [-0.05, 0) is 78.9 Å². The number of para-hydroxylation sites is 1. The third-order valence-corrected chi connectivity index (χ3v) is 12.5. The molecule has 4 N–H and O–H groups in total. The molecule has 2 fully saturated rings. The van der Waals surface area contributed by atoms with Gasteiger partial charge in [-0.25, -0.2) is 33.7 Å². The van der Waals surface area contributed by atoms with Crippen LogP contribution < -0.4 is 16.4 Å². The first-order valence-corrected chi connectivity index (χ1v) is 21.3. The summed E-state index contributed by atoms with van der Waals surface area (Å²) in [7, 11) is 0. The zero-order valence-electron chi connectivity index (χ0n) is 34.5. The molecule has 2 saturated heterocycles. The summed E-state index contributed by atoms with van der Waals surface area (Å²) in [4.78, 5) is 69.1. The first kappa shape index (κ1) is 39.3. The summed E-state index contributed by atoms with van der Waals surface area (Å²) in [5.41, 5.74) is 10.2. The van der Waals surface area contributed by atoms with Crippen molar-refractivity contribution in [3.05, 3.63) is 125 Å². The third-order valence-electron chi connectivity index (χ3n) is 12.5. The number of halogens is 2. The lowest BCUT2D eigenvalue weighted by Gasteiger charge is -2.43. The van der Waals surface area contributed by atoms with Gasteiger partial charge in [0.1, 0.15) is 45.4 Å². The number of hydrogen-bond donors (Lipinski definition) is 3. The van der Waals surface area contributed by atoms with Crippen LogP contribution in [0.2, 0.25) is 0 Å². The van der Waals surface area contributed by atoms with Crippen LogP contribution in [0.25, 0.3) is 33.1 Å². The van der Waals surface area contributed by atoms with Crippen molar-refractivity contribution in [1.82, 2.24) is 48.4 Å². The molecule has 322 valence electrons. The minimum absolute atomic E-state index is 0.0252. The van der Waals surface area contributed by atoms with Crippen LogP contribution in [-0.2, 0) is 24.2 Å². The molecule has 3 aromatic carbocycles. The van der Waals surface area contributed by atoms with Gasteiger partial charge >= 0.3 is 0 Å². The van der Waals surface area contributed by atoms with Crippen molar-refractivity contribution >= 4 is 74.2 Å². The van der Waals surface area contributed by atoms with E-state index in [1.165, 1.54) is 29.2 Å². The highest BCUT2D eigenvalue weighted by Crippen LogP contribution is 2.32. The lowest BCUT2D eigenvalue weighted by molar-refractivity contribution is -0.115. The highest BCUT2D eigenvalue weighted by Gasteiger charge is 2.33. The summed E-state index contributed by atoms with van der Waals surface area (Å²) in [6, 6.07) is 18.8. The molecule has 0 spiro atoms. The molecule has 1 atom stereocenters. The maximum atomic E-state index is 16.1. The standard InChI is InChI=1S/C46H41F2N13O3/c47-33-8-5-7-31-39(33)56-46(61-25-36(52-41(31)61)44(64)59-17-16-57-14-4-2-6-30(57)23-59)51-29-20-32-40(34(48)21-29)55-45(49)60-24-35(53-42(32)60)43(63)58-15-12-27-18-26(10-11-28(27)22-58)19-38(62)54-37-9-1-3-13-50-37/h1,3,5,7-11,13,18,20-21,24-25,30H,2,4,6,12,14-17,19,22-23H2,(H2,49,55)(H,51,56)(H,50,54,62)/t30-/m1/s1. The number of nitrogens with one attached hydrogen (secondary N) is 2. The Morgan fingerprint density at radius 3 is 2.41 bits per heavy atom. The number of rotatable bonds is 7. The molecule has 16 nitrogen and oxygen atoms in total. The number of pyridine rings is 1. The molecule has 8 aromatic rings. The summed E-state index contributed by atoms with van der Waals surface area (Å²) < 4.78 is 34.5. The molecule has 0 radical (unpaired) electrons. The zero-order chi connectivity index (χ0) is 43.6. The van der Waals surface area contributed by atoms with Gasteiger partial charge in [-0.15, -0.1) is 0 Å². The number of aromatic nitrogens is 7. The number of piperidine rings is 1. The van der Waals surface area contributed by atoms with Crippen molar-refractivity contribution in [3.63, 3.8) is 0 Å². The summed E-state index contributed by atoms with van der Waals surface area (Å²) >= 11 is 0. The van der Waals surface area contributed by atoms with E-state index in [4.69, 9.17) is 10.7 Å². The first-order valence-electron chi connectivity index (χ1n) is 21.3. The van der Waals surface area contributed by atoms with Crippen LogP contribution in [-0.4, -0.2) is 105 Å². The van der Waals surface area contributed by atoms with Crippen LogP contribution in [0, 0.1) is 11.6 Å². The van der Waals surface area contributed by atoms with Gasteiger partial charge in [-0.2, -0.15) is 0 Å². The van der Waals surface area contributed by atoms with E-state index in [9.17, 15) is 14.4 Å². The van der Waals surface area contributed by atoms with Gasteiger partial charge in [0.2, 0.25) is 17.8 Å². The van der Waals surface area contributed by atoms with E-state index in [1.807, 2.05) is 23.1 Å². The minimum atomic E-state index is -0.724. The van der Waals surface area contributed by atoms with Crippen molar-refractivity contribution in [2.45, 2.75) is 44.7 Å². The monoisotopic (exact) mass is 861 g/mol. The SMILES string of the molecule is Nc1nc2c(F)cc(Nc3nc4c(F)cccc4c4nc(C(=O)N5CCN6CCCC[C@@H]6C5)cn34)cc2c2nc(C(=O)N3CCc4cc(CC(=O)Nc5ccccn5)ccc4C3)cn12. The smallest absolute Gasteiger partial charge is 0.274 e. The predicted octanol–water partition coefficient (Wildman–Crippen LogP) is 5.77. The van der Waals surface area contributed by atoms with E-state index in [-0.39, 0.29) is 75.2 Å². The average Bonchev–Trinajstić information content (AvgIpc) is 3.97. The molecule has 3 aliphatic rings. The summed E-state index contributed by atoms with van der Waals surface area (Å²) in [6.07, 6.45) is 8.78. The first-order chi connectivity index (χ1) is 31.1. The average molecular weight is 862 g/mol. The van der Waals surface area contributed by atoms with E-state index >= 15 is 8.78 Å². The molecule has 11 rings (SSSR count).